The molecule has 2 aliphatic heterocycles. The Balaban J connectivity index is 1.84. The van der Waals surface area contributed by atoms with Gasteiger partial charge in [-0.15, -0.1) is 0 Å². The number of fused-ring (bicyclic) bond motifs is 2. The van der Waals surface area contributed by atoms with E-state index in [1.54, 1.807) is 6.20 Å². The van der Waals surface area contributed by atoms with Gasteiger partial charge in [-0.25, -0.2) is 4.98 Å². The number of hydrogen-bond donors (Lipinski definition) is 0. The molecule has 4 nitrogen and oxygen atoms in total. The lowest BCUT2D eigenvalue weighted by molar-refractivity contribution is -0.129. The van der Waals surface area contributed by atoms with Crippen molar-refractivity contribution in [2.24, 2.45) is 0 Å². The number of piperidine rings is 2. The highest BCUT2D eigenvalue weighted by atomic mass is 16.4. The number of Topliss-reactive ketones (excluding diaryl/α,β-unsaturated/α-hetero) is 1. The van der Waals surface area contributed by atoms with Gasteiger partial charge >= 0.3 is 0 Å². The minimum Gasteiger partial charge on any atom is -0.444 e. The number of nitrogens with zero attached hydrogens (tertiary/aromatic N) is 2. The van der Waals surface area contributed by atoms with Crippen LogP contribution in [0.15, 0.2) is 10.6 Å². The highest BCUT2D eigenvalue weighted by Gasteiger charge is 2.41. The van der Waals surface area contributed by atoms with E-state index in [0.29, 0.717) is 30.7 Å². The molecule has 3 heterocycles. The van der Waals surface area contributed by atoms with Gasteiger partial charge in [-0.05, 0) is 26.7 Å². The van der Waals surface area contributed by atoms with Crippen molar-refractivity contribution in [3.63, 3.8) is 0 Å². The summed E-state index contributed by atoms with van der Waals surface area (Å²) < 4.78 is 5.65. The third-order valence-electron chi connectivity index (χ3n) is 4.29. The van der Waals surface area contributed by atoms with Gasteiger partial charge < -0.3 is 4.42 Å². The zero-order valence-electron chi connectivity index (χ0n) is 11.1. The van der Waals surface area contributed by atoms with Gasteiger partial charge in [0.25, 0.3) is 0 Å². The maximum atomic E-state index is 11.7. The van der Waals surface area contributed by atoms with E-state index in [2.05, 4.69) is 16.8 Å². The van der Waals surface area contributed by atoms with Crippen LogP contribution in [-0.4, -0.2) is 27.8 Å². The Kier molecular flexibility index (Phi) is 2.98. The van der Waals surface area contributed by atoms with Crippen molar-refractivity contribution in [2.45, 2.75) is 64.1 Å². The summed E-state index contributed by atoms with van der Waals surface area (Å²) in [4.78, 5) is 18.5. The molecular formula is C14H20N2O2. The van der Waals surface area contributed by atoms with Gasteiger partial charge in [-0.1, -0.05) is 6.42 Å². The lowest BCUT2D eigenvalue weighted by atomic mass is 9.82. The molecule has 3 unspecified atom stereocenters. The van der Waals surface area contributed by atoms with Crippen LogP contribution in [0.3, 0.4) is 0 Å². The van der Waals surface area contributed by atoms with Crippen molar-refractivity contribution < 1.29 is 9.21 Å². The van der Waals surface area contributed by atoms with E-state index in [1.165, 1.54) is 6.42 Å². The summed E-state index contributed by atoms with van der Waals surface area (Å²) in [7, 11) is 0. The smallest absolute Gasteiger partial charge is 0.211 e. The first-order valence-electron chi connectivity index (χ1n) is 6.86. The molecule has 98 valence electrons. The monoisotopic (exact) mass is 248 g/mol. The first-order valence-corrected chi connectivity index (χ1v) is 6.86. The Bertz CT molecular complexity index is 438. The third-order valence-corrected chi connectivity index (χ3v) is 4.29. The second-order valence-corrected chi connectivity index (χ2v) is 5.62. The van der Waals surface area contributed by atoms with Gasteiger partial charge in [-0.3, -0.25) is 9.69 Å². The number of ketones is 1. The molecule has 0 aliphatic carbocycles. The van der Waals surface area contributed by atoms with E-state index in [1.807, 2.05) is 6.92 Å². The molecule has 2 fully saturated rings. The van der Waals surface area contributed by atoms with Gasteiger partial charge in [0.2, 0.25) is 5.89 Å². The molecule has 0 amide bonds. The molecule has 0 spiro atoms. The van der Waals surface area contributed by atoms with Gasteiger partial charge in [0.1, 0.15) is 11.5 Å². The maximum Gasteiger partial charge on any atom is 0.211 e. The molecule has 1 aromatic rings. The summed E-state index contributed by atoms with van der Waals surface area (Å²) in [5, 5.41) is 0. The van der Waals surface area contributed by atoms with E-state index in [0.717, 1.165) is 24.5 Å². The van der Waals surface area contributed by atoms with Crippen molar-refractivity contribution in [1.29, 1.82) is 0 Å². The average molecular weight is 248 g/mol. The highest BCUT2D eigenvalue weighted by molar-refractivity contribution is 5.80. The normalized spacial score (nSPS) is 30.4. The number of carbonyl (C=O) groups excluding carboxylic acids is 1. The van der Waals surface area contributed by atoms with Crippen molar-refractivity contribution in [3.05, 3.63) is 17.8 Å². The Hall–Kier alpha value is -1.16. The number of aryl methyl sites for hydroxylation is 1. The fourth-order valence-corrected chi connectivity index (χ4v) is 3.53. The van der Waals surface area contributed by atoms with E-state index >= 15 is 0 Å². The van der Waals surface area contributed by atoms with Crippen LogP contribution in [0, 0.1) is 6.92 Å². The topological polar surface area (TPSA) is 46.3 Å². The highest BCUT2D eigenvalue weighted by Crippen LogP contribution is 2.38. The van der Waals surface area contributed by atoms with Crippen molar-refractivity contribution in [1.82, 2.24) is 9.88 Å². The van der Waals surface area contributed by atoms with Crippen LogP contribution >= 0.6 is 0 Å². The van der Waals surface area contributed by atoms with Crippen LogP contribution in [0.4, 0.5) is 0 Å². The van der Waals surface area contributed by atoms with Crippen molar-refractivity contribution >= 4 is 5.78 Å². The third kappa shape index (κ3) is 1.99. The fraction of sp³-hybridized carbons (Fsp3) is 0.714. The lowest BCUT2D eigenvalue weighted by Gasteiger charge is -2.47. The predicted octanol–water partition coefficient (Wildman–Crippen LogP) is 2.63. The van der Waals surface area contributed by atoms with Crippen LogP contribution in [0.5, 0.6) is 0 Å². The van der Waals surface area contributed by atoms with E-state index < -0.39 is 0 Å². The minimum atomic E-state index is 0.182. The van der Waals surface area contributed by atoms with Crippen LogP contribution in [0.25, 0.3) is 0 Å². The number of rotatable bonds is 2. The number of carbonyl (C=O) groups is 1. The number of hydrogen-bond acceptors (Lipinski definition) is 4. The number of oxazole rings is 1. The van der Waals surface area contributed by atoms with Crippen LogP contribution < -0.4 is 0 Å². The van der Waals surface area contributed by atoms with E-state index in [-0.39, 0.29) is 6.04 Å². The second-order valence-electron chi connectivity index (χ2n) is 5.62. The first kappa shape index (κ1) is 11.9. The molecule has 3 rings (SSSR count). The Morgan fingerprint density at radius 3 is 2.61 bits per heavy atom. The van der Waals surface area contributed by atoms with Gasteiger partial charge in [-0.2, -0.15) is 0 Å². The Morgan fingerprint density at radius 1 is 1.39 bits per heavy atom. The van der Waals surface area contributed by atoms with Gasteiger partial charge in [0.15, 0.2) is 0 Å². The summed E-state index contributed by atoms with van der Waals surface area (Å²) in [6, 6.07) is 0.974. The zero-order valence-corrected chi connectivity index (χ0v) is 11.1. The van der Waals surface area contributed by atoms with Crippen molar-refractivity contribution in [3.8, 4) is 0 Å². The summed E-state index contributed by atoms with van der Waals surface area (Å²) in [5.74, 6) is 2.07. The zero-order chi connectivity index (χ0) is 12.7. The van der Waals surface area contributed by atoms with Gasteiger partial charge in [0.05, 0.1) is 12.2 Å². The molecule has 2 bridgehead atoms. The summed E-state index contributed by atoms with van der Waals surface area (Å²) in [5.41, 5.74) is 0. The van der Waals surface area contributed by atoms with E-state index in [4.69, 9.17) is 4.42 Å². The first-order chi connectivity index (χ1) is 8.65. The Labute approximate surface area is 107 Å². The van der Waals surface area contributed by atoms with Crippen LogP contribution in [-0.2, 0) is 4.79 Å². The van der Waals surface area contributed by atoms with Crippen LogP contribution in [0.1, 0.15) is 56.7 Å². The molecule has 1 aromatic heterocycles. The molecule has 3 atom stereocenters. The molecule has 2 aliphatic rings. The predicted molar refractivity (Wildman–Crippen MR) is 67.2 cm³/mol. The molecule has 0 aromatic carbocycles. The molecule has 4 heteroatoms. The van der Waals surface area contributed by atoms with Crippen molar-refractivity contribution in [2.75, 3.05) is 0 Å². The average Bonchev–Trinajstić information content (AvgIpc) is 2.74. The molecular weight excluding hydrogens is 228 g/mol. The molecule has 0 saturated carbocycles. The maximum absolute atomic E-state index is 11.7. The quantitative estimate of drug-likeness (QED) is 0.807. The minimum absolute atomic E-state index is 0.182. The fourth-order valence-electron chi connectivity index (χ4n) is 3.53. The summed E-state index contributed by atoms with van der Waals surface area (Å²) in [6.45, 7) is 4.07. The largest absolute Gasteiger partial charge is 0.444 e. The molecule has 18 heavy (non-hydrogen) atoms. The second kappa shape index (κ2) is 4.50. The summed E-state index contributed by atoms with van der Waals surface area (Å²) in [6.07, 6.45) is 6.70. The SMILES string of the molecule is Cc1cnc(C(C)N2C3CCCC2CC(=O)C3)o1. The van der Waals surface area contributed by atoms with Crippen LogP contribution in [0.2, 0.25) is 0 Å². The van der Waals surface area contributed by atoms with Gasteiger partial charge in [0, 0.05) is 24.9 Å². The standard InChI is InChI=1S/C14H20N2O2/c1-9-8-15-14(18-9)10(2)16-11-4-3-5-12(16)7-13(17)6-11/h8,10-12H,3-7H2,1-2H3. The molecule has 0 N–H and O–H groups in total. The number of aromatic nitrogens is 1. The Morgan fingerprint density at radius 2 is 2.06 bits per heavy atom. The molecule has 0 radical (unpaired) electrons. The lowest BCUT2D eigenvalue weighted by Crippen LogP contribution is -2.53. The molecule has 2 saturated heterocycles. The summed E-state index contributed by atoms with van der Waals surface area (Å²) >= 11 is 0. The van der Waals surface area contributed by atoms with E-state index in [9.17, 15) is 4.79 Å².